The first-order chi connectivity index (χ1) is 10.4. The Labute approximate surface area is 131 Å². The molecule has 0 spiro atoms. The molecule has 0 aromatic heterocycles. The highest BCUT2D eigenvalue weighted by molar-refractivity contribution is 7.92. The third-order valence-electron chi connectivity index (χ3n) is 3.71. The average Bonchev–Trinajstić information content (AvgIpc) is 2.84. The third kappa shape index (κ3) is 3.42. The Balaban J connectivity index is 2.01. The van der Waals surface area contributed by atoms with Crippen molar-refractivity contribution in [2.24, 2.45) is 0 Å². The van der Waals surface area contributed by atoms with Gasteiger partial charge in [-0.3, -0.25) is 4.72 Å². The van der Waals surface area contributed by atoms with Crippen LogP contribution in [0.3, 0.4) is 0 Å². The predicted octanol–water partition coefficient (Wildman–Crippen LogP) is 3.65. The monoisotopic (exact) mass is 317 g/mol. The smallest absolute Gasteiger partial charge is 0.229 e. The first-order valence-corrected chi connectivity index (χ1v) is 9.18. The Bertz CT molecular complexity index is 813. The maximum atomic E-state index is 11.6. The highest BCUT2D eigenvalue weighted by Crippen LogP contribution is 2.36. The quantitative estimate of drug-likeness (QED) is 0.936. The number of nitrogens with one attached hydrogen (secondary N) is 1. The lowest BCUT2D eigenvalue weighted by molar-refractivity contribution is 0.484. The highest BCUT2D eigenvalue weighted by atomic mass is 32.2. The summed E-state index contributed by atoms with van der Waals surface area (Å²) in [6, 6.07) is 11.6. The van der Waals surface area contributed by atoms with E-state index in [0.29, 0.717) is 17.2 Å². The molecule has 2 aromatic carbocycles. The molecule has 1 N–H and O–H groups in total. The fourth-order valence-electron chi connectivity index (χ4n) is 2.77. The van der Waals surface area contributed by atoms with E-state index < -0.39 is 10.0 Å². The van der Waals surface area contributed by atoms with Crippen LogP contribution in [-0.2, 0) is 22.9 Å². The number of benzene rings is 2. The van der Waals surface area contributed by atoms with Crippen LogP contribution in [0.25, 0.3) is 0 Å². The van der Waals surface area contributed by atoms with Gasteiger partial charge < -0.3 is 4.74 Å². The van der Waals surface area contributed by atoms with Crippen molar-refractivity contribution >= 4 is 15.7 Å². The minimum absolute atomic E-state index is 0.504. The van der Waals surface area contributed by atoms with Gasteiger partial charge in [0.1, 0.15) is 5.75 Å². The Morgan fingerprint density at radius 3 is 2.50 bits per heavy atom. The molecule has 5 heteroatoms. The van der Waals surface area contributed by atoms with Crippen LogP contribution in [0.2, 0.25) is 0 Å². The summed E-state index contributed by atoms with van der Waals surface area (Å²) in [5.74, 6) is 1.26. The largest absolute Gasteiger partial charge is 0.455 e. The number of fused-ring (bicyclic) bond motifs is 1. The third-order valence-corrected chi connectivity index (χ3v) is 4.30. The average molecular weight is 317 g/mol. The molecular weight excluding hydrogens is 298 g/mol. The summed E-state index contributed by atoms with van der Waals surface area (Å²) in [5.41, 5.74) is 4.03. The van der Waals surface area contributed by atoms with Crippen LogP contribution in [0.5, 0.6) is 11.5 Å². The topological polar surface area (TPSA) is 55.4 Å². The lowest BCUT2D eigenvalue weighted by atomic mass is 10.1. The molecule has 1 aliphatic carbocycles. The maximum Gasteiger partial charge on any atom is 0.229 e. The lowest BCUT2D eigenvalue weighted by Gasteiger charge is -2.14. The molecule has 1 aliphatic rings. The van der Waals surface area contributed by atoms with Crippen molar-refractivity contribution in [3.05, 3.63) is 53.1 Å². The Morgan fingerprint density at radius 2 is 1.82 bits per heavy atom. The molecule has 0 aliphatic heterocycles. The van der Waals surface area contributed by atoms with Gasteiger partial charge >= 0.3 is 0 Å². The van der Waals surface area contributed by atoms with Gasteiger partial charge in [0, 0.05) is 0 Å². The van der Waals surface area contributed by atoms with Gasteiger partial charge in [-0.2, -0.15) is 0 Å². The van der Waals surface area contributed by atoms with Crippen LogP contribution in [0.15, 0.2) is 36.4 Å². The number of aryl methyl sites for hydroxylation is 3. The van der Waals surface area contributed by atoms with Crippen molar-refractivity contribution in [3.63, 3.8) is 0 Å². The van der Waals surface area contributed by atoms with E-state index in [4.69, 9.17) is 4.74 Å². The summed E-state index contributed by atoms with van der Waals surface area (Å²) in [6.07, 6.45) is 4.25. The van der Waals surface area contributed by atoms with Crippen molar-refractivity contribution in [1.29, 1.82) is 0 Å². The van der Waals surface area contributed by atoms with Crippen molar-refractivity contribution in [2.75, 3.05) is 11.0 Å². The lowest BCUT2D eigenvalue weighted by Crippen LogP contribution is -2.11. The van der Waals surface area contributed by atoms with Gasteiger partial charge in [0.05, 0.1) is 11.9 Å². The number of sulfonamides is 1. The van der Waals surface area contributed by atoms with Gasteiger partial charge in [-0.25, -0.2) is 8.42 Å². The first kappa shape index (κ1) is 14.9. The second kappa shape index (κ2) is 5.65. The Morgan fingerprint density at radius 1 is 1.09 bits per heavy atom. The minimum atomic E-state index is -3.35. The van der Waals surface area contributed by atoms with E-state index in [1.54, 1.807) is 0 Å². The summed E-state index contributed by atoms with van der Waals surface area (Å²) >= 11 is 0. The van der Waals surface area contributed by atoms with Gasteiger partial charge in [0.2, 0.25) is 10.0 Å². The van der Waals surface area contributed by atoms with Crippen molar-refractivity contribution in [2.45, 2.75) is 26.2 Å². The zero-order valence-corrected chi connectivity index (χ0v) is 13.5. The molecule has 0 amide bonds. The second-order valence-electron chi connectivity index (χ2n) is 5.76. The normalized spacial score (nSPS) is 13.7. The van der Waals surface area contributed by atoms with E-state index in [1.165, 1.54) is 11.1 Å². The standard InChI is InChI=1S/C17H19NO3S/c1-12-5-3-8-15(9-12)21-17-11-14-7-4-6-13(14)10-16(17)18-22(2,19)20/h3,5,8-11,18H,4,6-7H2,1-2H3. The van der Waals surface area contributed by atoms with Gasteiger partial charge in [0.15, 0.2) is 5.75 Å². The zero-order chi connectivity index (χ0) is 15.7. The van der Waals surface area contributed by atoms with Gasteiger partial charge in [-0.1, -0.05) is 12.1 Å². The summed E-state index contributed by atoms with van der Waals surface area (Å²) < 4.78 is 31.7. The molecule has 0 saturated heterocycles. The molecule has 0 radical (unpaired) electrons. The first-order valence-electron chi connectivity index (χ1n) is 7.29. The zero-order valence-electron chi connectivity index (χ0n) is 12.7. The van der Waals surface area contributed by atoms with Crippen LogP contribution < -0.4 is 9.46 Å². The molecule has 0 saturated carbocycles. The minimum Gasteiger partial charge on any atom is -0.455 e. The van der Waals surface area contributed by atoms with E-state index in [1.807, 2.05) is 43.3 Å². The number of hydrogen-bond donors (Lipinski definition) is 1. The Hall–Kier alpha value is -2.01. The van der Waals surface area contributed by atoms with Gasteiger partial charge in [-0.05, 0) is 67.1 Å². The Kier molecular flexibility index (Phi) is 3.83. The van der Waals surface area contributed by atoms with E-state index in [2.05, 4.69) is 4.72 Å². The van der Waals surface area contributed by atoms with E-state index >= 15 is 0 Å². The summed E-state index contributed by atoms with van der Waals surface area (Å²) in [5, 5.41) is 0. The number of anilines is 1. The fourth-order valence-corrected chi connectivity index (χ4v) is 3.33. The second-order valence-corrected chi connectivity index (χ2v) is 7.51. The van der Waals surface area contributed by atoms with Crippen molar-refractivity contribution in [3.8, 4) is 11.5 Å². The molecule has 0 atom stereocenters. The fraction of sp³-hybridized carbons (Fsp3) is 0.294. The van der Waals surface area contributed by atoms with E-state index in [9.17, 15) is 8.42 Å². The van der Waals surface area contributed by atoms with Gasteiger partial charge in [-0.15, -0.1) is 0 Å². The maximum absolute atomic E-state index is 11.6. The SMILES string of the molecule is Cc1cccc(Oc2cc3c(cc2NS(C)(=O)=O)CCC3)c1. The summed E-state index contributed by atoms with van der Waals surface area (Å²) in [4.78, 5) is 0. The van der Waals surface area contributed by atoms with Crippen LogP contribution in [0, 0.1) is 6.92 Å². The molecule has 22 heavy (non-hydrogen) atoms. The van der Waals surface area contributed by atoms with Gasteiger partial charge in [0.25, 0.3) is 0 Å². The molecule has 4 nitrogen and oxygen atoms in total. The van der Waals surface area contributed by atoms with Crippen LogP contribution in [-0.4, -0.2) is 14.7 Å². The molecule has 0 unspecified atom stereocenters. The highest BCUT2D eigenvalue weighted by Gasteiger charge is 2.18. The molecule has 0 heterocycles. The molecule has 116 valence electrons. The number of hydrogen-bond acceptors (Lipinski definition) is 3. The molecular formula is C17H19NO3S. The summed E-state index contributed by atoms with van der Waals surface area (Å²) in [6.45, 7) is 1.99. The number of rotatable bonds is 4. The van der Waals surface area contributed by atoms with E-state index in [0.717, 1.165) is 31.1 Å². The molecule has 3 rings (SSSR count). The van der Waals surface area contributed by atoms with Crippen LogP contribution >= 0.6 is 0 Å². The molecule has 0 fully saturated rings. The molecule has 0 bridgehead atoms. The summed E-state index contributed by atoms with van der Waals surface area (Å²) in [7, 11) is -3.35. The van der Waals surface area contributed by atoms with Crippen molar-refractivity contribution in [1.82, 2.24) is 0 Å². The number of ether oxygens (including phenoxy) is 1. The van der Waals surface area contributed by atoms with Crippen LogP contribution in [0.4, 0.5) is 5.69 Å². The van der Waals surface area contributed by atoms with Crippen LogP contribution in [0.1, 0.15) is 23.1 Å². The van der Waals surface area contributed by atoms with Crippen molar-refractivity contribution < 1.29 is 13.2 Å². The van der Waals surface area contributed by atoms with E-state index in [-0.39, 0.29) is 0 Å². The predicted molar refractivity (Wildman–Crippen MR) is 88.2 cm³/mol. The molecule has 2 aromatic rings.